The lowest BCUT2D eigenvalue weighted by molar-refractivity contribution is -0.137. The van der Waals surface area contributed by atoms with Gasteiger partial charge in [0.15, 0.2) is 0 Å². The molecule has 0 radical (unpaired) electrons. The summed E-state index contributed by atoms with van der Waals surface area (Å²) in [6.07, 6.45) is -3.04. The molecule has 1 aromatic carbocycles. The van der Waals surface area contributed by atoms with Crippen LogP contribution in [-0.2, 0) is 13.2 Å². The van der Waals surface area contributed by atoms with E-state index in [0.29, 0.717) is 5.69 Å². The van der Waals surface area contributed by atoms with Crippen molar-refractivity contribution < 1.29 is 13.2 Å². The molecule has 0 saturated heterocycles. The molecule has 0 aliphatic rings. The number of alkyl halides is 3. The van der Waals surface area contributed by atoms with Crippen molar-refractivity contribution in [2.45, 2.75) is 6.18 Å². The van der Waals surface area contributed by atoms with Crippen LogP contribution >= 0.6 is 0 Å². The highest BCUT2D eigenvalue weighted by atomic mass is 19.4. The summed E-state index contributed by atoms with van der Waals surface area (Å²) in [5.74, 6) is 0.257. The van der Waals surface area contributed by atoms with E-state index in [2.05, 4.69) is 10.3 Å². The van der Waals surface area contributed by atoms with Crippen molar-refractivity contribution in [3.05, 3.63) is 52.4 Å². The third kappa shape index (κ3) is 2.93. The molecule has 100 valence electrons. The molecular weight excluding hydrogens is 259 g/mol. The molecule has 2 rings (SSSR count). The molecule has 7 heteroatoms. The van der Waals surface area contributed by atoms with E-state index < -0.39 is 11.7 Å². The molecule has 4 nitrogen and oxygen atoms in total. The second kappa shape index (κ2) is 4.75. The Morgan fingerprint density at radius 2 is 1.79 bits per heavy atom. The van der Waals surface area contributed by atoms with Crippen molar-refractivity contribution in [2.24, 2.45) is 7.05 Å². The molecule has 1 heterocycles. The van der Waals surface area contributed by atoms with Crippen molar-refractivity contribution in [2.75, 3.05) is 5.32 Å². The Kier molecular flexibility index (Phi) is 3.28. The molecule has 0 aliphatic carbocycles. The number of nitrogens with one attached hydrogen (secondary N) is 1. The average Bonchev–Trinajstić information content (AvgIpc) is 2.35. The van der Waals surface area contributed by atoms with Crippen molar-refractivity contribution in [1.82, 2.24) is 9.55 Å². The number of nitrogens with zero attached hydrogens (tertiary/aromatic N) is 2. The number of rotatable bonds is 2. The minimum Gasteiger partial charge on any atom is -0.326 e. The second-order valence-electron chi connectivity index (χ2n) is 3.87. The zero-order valence-electron chi connectivity index (χ0n) is 9.90. The smallest absolute Gasteiger partial charge is 0.326 e. The Morgan fingerprint density at radius 3 is 2.37 bits per heavy atom. The minimum atomic E-state index is -4.36. The van der Waals surface area contributed by atoms with Gasteiger partial charge >= 0.3 is 6.18 Å². The van der Waals surface area contributed by atoms with Crippen LogP contribution in [0.2, 0.25) is 0 Å². The largest absolute Gasteiger partial charge is 0.416 e. The van der Waals surface area contributed by atoms with Crippen LogP contribution in [0.1, 0.15) is 5.56 Å². The zero-order valence-corrected chi connectivity index (χ0v) is 9.90. The van der Waals surface area contributed by atoms with E-state index in [0.717, 1.165) is 12.1 Å². The molecule has 0 amide bonds. The highest BCUT2D eigenvalue weighted by Gasteiger charge is 2.29. The van der Waals surface area contributed by atoms with Crippen molar-refractivity contribution >= 4 is 11.6 Å². The zero-order chi connectivity index (χ0) is 14.0. The van der Waals surface area contributed by atoms with Gasteiger partial charge in [0.05, 0.1) is 5.56 Å². The van der Waals surface area contributed by atoms with Crippen LogP contribution in [-0.4, -0.2) is 9.55 Å². The highest BCUT2D eigenvalue weighted by molar-refractivity contribution is 5.53. The first-order valence-electron chi connectivity index (χ1n) is 5.34. The average molecular weight is 269 g/mol. The lowest BCUT2D eigenvalue weighted by Gasteiger charge is -2.10. The van der Waals surface area contributed by atoms with Gasteiger partial charge in [-0.1, -0.05) is 0 Å². The summed E-state index contributed by atoms with van der Waals surface area (Å²) in [4.78, 5) is 15.3. The Bertz CT molecular complexity index is 632. The van der Waals surface area contributed by atoms with E-state index in [1.54, 1.807) is 0 Å². The summed E-state index contributed by atoms with van der Waals surface area (Å²) in [6.45, 7) is 0. The fourth-order valence-corrected chi connectivity index (χ4v) is 1.46. The number of benzene rings is 1. The third-order valence-corrected chi connectivity index (χ3v) is 2.53. The molecule has 0 fully saturated rings. The summed E-state index contributed by atoms with van der Waals surface area (Å²) >= 11 is 0. The Morgan fingerprint density at radius 1 is 1.16 bits per heavy atom. The van der Waals surface area contributed by atoms with Gasteiger partial charge in [-0.3, -0.25) is 9.36 Å². The van der Waals surface area contributed by atoms with Crippen molar-refractivity contribution in [3.8, 4) is 0 Å². The molecule has 2 aromatic rings. The van der Waals surface area contributed by atoms with Crippen LogP contribution in [0.5, 0.6) is 0 Å². The van der Waals surface area contributed by atoms with Gasteiger partial charge in [-0.2, -0.15) is 13.2 Å². The maximum Gasteiger partial charge on any atom is 0.416 e. The molecule has 1 aromatic heterocycles. The van der Waals surface area contributed by atoms with Gasteiger partial charge in [0.1, 0.15) is 0 Å². The van der Waals surface area contributed by atoms with Crippen LogP contribution in [0.4, 0.5) is 24.8 Å². The fourth-order valence-electron chi connectivity index (χ4n) is 1.46. The second-order valence-corrected chi connectivity index (χ2v) is 3.87. The van der Waals surface area contributed by atoms with E-state index in [1.807, 2.05) is 0 Å². The Labute approximate surface area is 106 Å². The first-order chi connectivity index (χ1) is 8.88. The van der Waals surface area contributed by atoms with E-state index in [1.165, 1.54) is 36.0 Å². The predicted octanol–water partition coefficient (Wildman–Crippen LogP) is 2.54. The topological polar surface area (TPSA) is 46.9 Å². The summed E-state index contributed by atoms with van der Waals surface area (Å²) < 4.78 is 38.4. The van der Waals surface area contributed by atoms with Gasteiger partial charge in [-0.25, -0.2) is 4.98 Å². The lowest BCUT2D eigenvalue weighted by atomic mass is 10.2. The summed E-state index contributed by atoms with van der Waals surface area (Å²) in [5.41, 5.74) is -0.570. The normalized spacial score (nSPS) is 11.4. The number of aromatic nitrogens is 2. The van der Waals surface area contributed by atoms with Crippen molar-refractivity contribution in [1.29, 1.82) is 0 Å². The SMILES string of the molecule is Cn1c(Nc2ccc(C(F)(F)F)cc2)nccc1=O. The van der Waals surface area contributed by atoms with Crippen LogP contribution in [0.3, 0.4) is 0 Å². The molecular formula is C12H10F3N3O. The number of hydrogen-bond donors (Lipinski definition) is 1. The molecule has 0 unspecified atom stereocenters. The maximum atomic E-state index is 12.4. The van der Waals surface area contributed by atoms with Gasteiger partial charge in [0.25, 0.3) is 5.56 Å². The summed E-state index contributed by atoms with van der Waals surface area (Å²) in [5, 5.41) is 2.78. The first-order valence-corrected chi connectivity index (χ1v) is 5.34. The Balaban J connectivity index is 2.25. The van der Waals surface area contributed by atoms with E-state index >= 15 is 0 Å². The highest BCUT2D eigenvalue weighted by Crippen LogP contribution is 2.30. The lowest BCUT2D eigenvalue weighted by Crippen LogP contribution is -2.19. The molecule has 0 atom stereocenters. The molecule has 0 spiro atoms. The summed E-state index contributed by atoms with van der Waals surface area (Å²) in [7, 11) is 1.52. The maximum absolute atomic E-state index is 12.4. The van der Waals surface area contributed by atoms with Gasteiger partial charge in [0.2, 0.25) is 5.95 Å². The number of hydrogen-bond acceptors (Lipinski definition) is 3. The van der Waals surface area contributed by atoms with Gasteiger partial charge in [-0.15, -0.1) is 0 Å². The monoisotopic (exact) mass is 269 g/mol. The van der Waals surface area contributed by atoms with E-state index in [-0.39, 0.29) is 11.5 Å². The first kappa shape index (κ1) is 13.1. The third-order valence-electron chi connectivity index (χ3n) is 2.53. The number of anilines is 2. The van der Waals surface area contributed by atoms with E-state index in [9.17, 15) is 18.0 Å². The fraction of sp³-hybridized carbons (Fsp3) is 0.167. The molecule has 0 aliphatic heterocycles. The minimum absolute atomic E-state index is 0.257. The molecule has 0 saturated carbocycles. The quantitative estimate of drug-likeness (QED) is 0.911. The molecule has 0 bridgehead atoms. The molecule has 19 heavy (non-hydrogen) atoms. The van der Waals surface area contributed by atoms with Crippen LogP contribution in [0.25, 0.3) is 0 Å². The van der Waals surface area contributed by atoms with Gasteiger partial charge in [-0.05, 0) is 24.3 Å². The van der Waals surface area contributed by atoms with Gasteiger partial charge in [0, 0.05) is 25.0 Å². The van der Waals surface area contributed by atoms with Gasteiger partial charge < -0.3 is 5.32 Å². The Hall–Kier alpha value is -2.31. The van der Waals surface area contributed by atoms with E-state index in [4.69, 9.17) is 0 Å². The number of halogens is 3. The molecule has 1 N–H and O–H groups in total. The van der Waals surface area contributed by atoms with Crippen LogP contribution in [0.15, 0.2) is 41.3 Å². The standard InChI is InChI=1S/C12H10F3N3O/c1-18-10(19)6-7-16-11(18)17-9-4-2-8(3-5-9)12(13,14)15/h2-7H,1H3,(H,16,17). The van der Waals surface area contributed by atoms with Crippen LogP contribution < -0.4 is 10.9 Å². The van der Waals surface area contributed by atoms with Crippen molar-refractivity contribution in [3.63, 3.8) is 0 Å². The van der Waals surface area contributed by atoms with Crippen LogP contribution in [0, 0.1) is 0 Å². The predicted molar refractivity (Wildman–Crippen MR) is 64.2 cm³/mol. The summed E-state index contributed by atoms with van der Waals surface area (Å²) in [6, 6.07) is 5.77.